The highest BCUT2D eigenvalue weighted by atomic mass is 16.5. The molecule has 0 spiro atoms. The molecular weight excluding hydrogens is 352 g/mol. The molecular formula is C23H28N2O3. The van der Waals surface area contributed by atoms with Crippen molar-refractivity contribution in [2.24, 2.45) is 5.92 Å². The van der Waals surface area contributed by atoms with Crippen LogP contribution in [-0.2, 0) is 16.0 Å². The third kappa shape index (κ3) is 6.02. The van der Waals surface area contributed by atoms with Crippen molar-refractivity contribution in [1.82, 2.24) is 0 Å². The van der Waals surface area contributed by atoms with Crippen LogP contribution in [-0.4, -0.2) is 19.2 Å². The van der Waals surface area contributed by atoms with E-state index in [9.17, 15) is 4.79 Å². The van der Waals surface area contributed by atoms with Crippen molar-refractivity contribution in [2.75, 3.05) is 18.5 Å². The number of rotatable bonds is 9. The Bertz CT molecular complexity index is 823. The lowest BCUT2D eigenvalue weighted by Gasteiger charge is -2.21. The van der Waals surface area contributed by atoms with Gasteiger partial charge in [-0.2, -0.15) is 5.26 Å². The molecule has 2 aromatic rings. The molecule has 0 saturated heterocycles. The van der Waals surface area contributed by atoms with E-state index in [-0.39, 0.29) is 5.97 Å². The zero-order valence-electron chi connectivity index (χ0n) is 17.0. The van der Waals surface area contributed by atoms with Gasteiger partial charge in [0.2, 0.25) is 0 Å². The van der Waals surface area contributed by atoms with Crippen LogP contribution in [0.3, 0.4) is 0 Å². The Morgan fingerprint density at radius 3 is 2.43 bits per heavy atom. The molecule has 2 rings (SSSR count). The van der Waals surface area contributed by atoms with Gasteiger partial charge in [0, 0.05) is 5.69 Å². The zero-order chi connectivity index (χ0) is 20.5. The average Bonchev–Trinajstić information content (AvgIpc) is 2.70. The standard InChI is InChI=1S/C23H28N2O3/c1-5-17-11-19(13-21(12-17)28-15-16(3)4)22(23(26)27-6-2)25-20-9-7-18(14-24)8-10-20/h7-13,16,22,25H,5-6,15H2,1-4H3. The molecule has 0 amide bonds. The Balaban J connectivity index is 2.36. The first-order valence-electron chi connectivity index (χ1n) is 9.66. The fourth-order valence-electron chi connectivity index (χ4n) is 2.71. The first kappa shape index (κ1) is 21.3. The number of nitriles is 1. The summed E-state index contributed by atoms with van der Waals surface area (Å²) in [5.74, 6) is 0.806. The summed E-state index contributed by atoms with van der Waals surface area (Å²) in [5, 5.41) is 12.2. The SMILES string of the molecule is CCOC(=O)C(Nc1ccc(C#N)cc1)c1cc(CC)cc(OCC(C)C)c1. The number of carbonyl (C=O) groups is 1. The Morgan fingerprint density at radius 2 is 1.86 bits per heavy atom. The summed E-state index contributed by atoms with van der Waals surface area (Å²) in [6.07, 6.45) is 0.832. The molecule has 5 nitrogen and oxygen atoms in total. The van der Waals surface area contributed by atoms with Gasteiger partial charge in [-0.3, -0.25) is 0 Å². The third-order valence-corrected chi connectivity index (χ3v) is 4.16. The van der Waals surface area contributed by atoms with Crippen LogP contribution in [0.1, 0.15) is 50.4 Å². The summed E-state index contributed by atoms with van der Waals surface area (Å²) in [4.78, 5) is 12.7. The van der Waals surface area contributed by atoms with Crippen molar-refractivity contribution >= 4 is 11.7 Å². The Labute approximate surface area is 167 Å². The van der Waals surface area contributed by atoms with E-state index in [1.54, 1.807) is 31.2 Å². The second-order valence-corrected chi connectivity index (χ2v) is 6.99. The van der Waals surface area contributed by atoms with Crippen LogP contribution in [0.2, 0.25) is 0 Å². The van der Waals surface area contributed by atoms with Gasteiger partial charge in [-0.25, -0.2) is 4.79 Å². The Kier molecular flexibility index (Phi) is 7.88. The molecule has 0 aromatic heterocycles. The first-order chi connectivity index (χ1) is 13.5. The van der Waals surface area contributed by atoms with Gasteiger partial charge in [0.25, 0.3) is 0 Å². The predicted octanol–water partition coefficient (Wildman–Crippen LogP) is 4.87. The molecule has 148 valence electrons. The predicted molar refractivity (Wildman–Crippen MR) is 110 cm³/mol. The number of benzene rings is 2. The minimum absolute atomic E-state index is 0.300. The van der Waals surface area contributed by atoms with Crippen molar-refractivity contribution in [3.05, 3.63) is 59.2 Å². The number of ether oxygens (including phenoxy) is 2. The minimum Gasteiger partial charge on any atom is -0.493 e. The smallest absolute Gasteiger partial charge is 0.333 e. The Morgan fingerprint density at radius 1 is 1.14 bits per heavy atom. The summed E-state index contributed by atoms with van der Waals surface area (Å²) < 4.78 is 11.2. The first-order valence-corrected chi connectivity index (χ1v) is 9.66. The number of aryl methyl sites for hydroxylation is 1. The van der Waals surface area contributed by atoms with E-state index in [1.165, 1.54) is 0 Å². The van der Waals surface area contributed by atoms with Crippen LogP contribution in [0.5, 0.6) is 5.75 Å². The van der Waals surface area contributed by atoms with Crippen molar-refractivity contribution in [2.45, 2.75) is 40.2 Å². The van der Waals surface area contributed by atoms with E-state index < -0.39 is 6.04 Å². The largest absolute Gasteiger partial charge is 0.493 e. The quantitative estimate of drug-likeness (QED) is 0.628. The van der Waals surface area contributed by atoms with Gasteiger partial charge >= 0.3 is 5.97 Å². The fourth-order valence-corrected chi connectivity index (χ4v) is 2.71. The highest BCUT2D eigenvalue weighted by Gasteiger charge is 2.23. The molecule has 0 bridgehead atoms. The summed E-state index contributed by atoms with van der Waals surface area (Å²) in [5.41, 5.74) is 3.19. The molecule has 28 heavy (non-hydrogen) atoms. The van der Waals surface area contributed by atoms with Crippen LogP contribution in [0.15, 0.2) is 42.5 Å². The van der Waals surface area contributed by atoms with E-state index in [1.807, 2.05) is 18.2 Å². The number of anilines is 1. The average molecular weight is 380 g/mol. The van der Waals surface area contributed by atoms with E-state index in [4.69, 9.17) is 14.7 Å². The van der Waals surface area contributed by atoms with Gasteiger partial charge < -0.3 is 14.8 Å². The third-order valence-electron chi connectivity index (χ3n) is 4.16. The summed E-state index contributed by atoms with van der Waals surface area (Å²) in [6.45, 7) is 8.96. The van der Waals surface area contributed by atoms with Crippen LogP contribution in [0.25, 0.3) is 0 Å². The van der Waals surface area contributed by atoms with Crippen LogP contribution >= 0.6 is 0 Å². The van der Waals surface area contributed by atoms with Crippen LogP contribution in [0, 0.1) is 17.2 Å². The second-order valence-electron chi connectivity index (χ2n) is 6.99. The highest BCUT2D eigenvalue weighted by Crippen LogP contribution is 2.27. The summed E-state index contributed by atoms with van der Waals surface area (Å²) >= 11 is 0. The van der Waals surface area contributed by atoms with Crippen molar-refractivity contribution in [3.8, 4) is 11.8 Å². The summed E-state index contributed by atoms with van der Waals surface area (Å²) in [6, 6.07) is 14.3. The van der Waals surface area contributed by atoms with Gasteiger partial charge in [-0.05, 0) is 66.8 Å². The molecule has 2 aromatic carbocycles. The van der Waals surface area contributed by atoms with Crippen LogP contribution < -0.4 is 10.1 Å². The number of hydrogen-bond donors (Lipinski definition) is 1. The number of nitrogens with one attached hydrogen (secondary N) is 1. The highest BCUT2D eigenvalue weighted by molar-refractivity contribution is 5.81. The van der Waals surface area contributed by atoms with Gasteiger partial charge in [0.1, 0.15) is 5.75 Å². The monoisotopic (exact) mass is 380 g/mol. The maximum atomic E-state index is 12.7. The van der Waals surface area contributed by atoms with E-state index in [0.29, 0.717) is 24.7 Å². The second kappa shape index (κ2) is 10.4. The molecule has 0 aliphatic rings. The van der Waals surface area contributed by atoms with E-state index in [2.05, 4.69) is 32.2 Å². The molecule has 0 saturated carbocycles. The summed E-state index contributed by atoms with van der Waals surface area (Å²) in [7, 11) is 0. The minimum atomic E-state index is -0.666. The molecule has 1 N–H and O–H groups in total. The molecule has 5 heteroatoms. The van der Waals surface area contributed by atoms with Gasteiger partial charge in [-0.15, -0.1) is 0 Å². The number of hydrogen-bond acceptors (Lipinski definition) is 5. The van der Waals surface area contributed by atoms with E-state index >= 15 is 0 Å². The molecule has 0 aliphatic carbocycles. The normalized spacial score (nSPS) is 11.6. The van der Waals surface area contributed by atoms with Crippen LogP contribution in [0.4, 0.5) is 5.69 Å². The van der Waals surface area contributed by atoms with Gasteiger partial charge in [0.15, 0.2) is 6.04 Å². The maximum Gasteiger partial charge on any atom is 0.333 e. The molecule has 0 aliphatic heterocycles. The fraction of sp³-hybridized carbons (Fsp3) is 0.391. The number of nitrogens with zero attached hydrogens (tertiary/aromatic N) is 1. The molecule has 1 unspecified atom stereocenters. The lowest BCUT2D eigenvalue weighted by Crippen LogP contribution is -2.23. The maximum absolute atomic E-state index is 12.7. The van der Waals surface area contributed by atoms with Crippen molar-refractivity contribution < 1.29 is 14.3 Å². The van der Waals surface area contributed by atoms with Gasteiger partial charge in [0.05, 0.1) is 24.8 Å². The number of esters is 1. The van der Waals surface area contributed by atoms with Crippen molar-refractivity contribution in [3.63, 3.8) is 0 Å². The van der Waals surface area contributed by atoms with Crippen molar-refractivity contribution in [1.29, 1.82) is 5.26 Å². The molecule has 0 radical (unpaired) electrons. The van der Waals surface area contributed by atoms with E-state index in [0.717, 1.165) is 29.0 Å². The number of carbonyl (C=O) groups excluding carboxylic acids is 1. The van der Waals surface area contributed by atoms with Gasteiger partial charge in [-0.1, -0.05) is 26.8 Å². The lowest BCUT2D eigenvalue weighted by molar-refractivity contribution is -0.144. The zero-order valence-corrected chi connectivity index (χ0v) is 17.0. The molecule has 0 fully saturated rings. The lowest BCUT2D eigenvalue weighted by atomic mass is 10.0. The molecule has 0 heterocycles. The topological polar surface area (TPSA) is 71.3 Å². The molecule has 1 atom stereocenters. The Hall–Kier alpha value is -3.00.